The van der Waals surface area contributed by atoms with Crippen LogP contribution < -0.4 is 0 Å². The third kappa shape index (κ3) is 0.855. The van der Waals surface area contributed by atoms with Gasteiger partial charge in [-0.15, -0.1) is 0 Å². The molecule has 2 heteroatoms. The van der Waals surface area contributed by atoms with E-state index < -0.39 is 0 Å². The summed E-state index contributed by atoms with van der Waals surface area (Å²) in [6.07, 6.45) is 1.95. The van der Waals surface area contributed by atoms with E-state index in [-0.39, 0.29) is 0 Å². The summed E-state index contributed by atoms with van der Waals surface area (Å²) >= 11 is 3.28. The van der Waals surface area contributed by atoms with Crippen LogP contribution in [0, 0.1) is 6.92 Å². The van der Waals surface area contributed by atoms with Gasteiger partial charge in [0.25, 0.3) is 0 Å². The number of aromatic nitrogens is 1. The van der Waals surface area contributed by atoms with Gasteiger partial charge in [0.15, 0.2) is 0 Å². The molecule has 0 fully saturated rings. The van der Waals surface area contributed by atoms with E-state index in [1.807, 2.05) is 28.8 Å². The van der Waals surface area contributed by atoms with Crippen molar-refractivity contribution in [2.75, 3.05) is 0 Å². The molecule has 0 spiro atoms. The summed E-state index contributed by atoms with van der Waals surface area (Å²) in [4.78, 5) is 0. The lowest BCUT2D eigenvalue weighted by Gasteiger charge is -1.86. The summed E-state index contributed by atoms with van der Waals surface area (Å²) in [7, 11) is 0. The molecule has 0 unspecified atom stereocenters. The van der Waals surface area contributed by atoms with Crippen LogP contribution in [0.4, 0.5) is 0 Å². The molecule has 1 heterocycles. The lowest BCUT2D eigenvalue weighted by atomic mass is 10.5. The fraction of sp³-hybridized carbons (Fsp3) is 0.200. The van der Waals surface area contributed by atoms with Crippen molar-refractivity contribution < 1.29 is 0 Å². The molecule has 0 atom stereocenters. The molecular formula is C5H6BrN. The molecule has 0 bridgehead atoms. The number of halogens is 1. The molecule has 38 valence electrons. The highest BCUT2D eigenvalue weighted by Gasteiger charge is 1.84. The van der Waals surface area contributed by atoms with E-state index in [4.69, 9.17) is 0 Å². The van der Waals surface area contributed by atoms with Crippen LogP contribution >= 0.6 is 16.1 Å². The van der Waals surface area contributed by atoms with Crippen molar-refractivity contribution in [1.29, 1.82) is 0 Å². The number of aryl methyl sites for hydroxylation is 1. The van der Waals surface area contributed by atoms with Gasteiger partial charge in [0.2, 0.25) is 0 Å². The summed E-state index contributed by atoms with van der Waals surface area (Å²) in [5, 5.41) is 0. The molecule has 0 aliphatic rings. The summed E-state index contributed by atoms with van der Waals surface area (Å²) in [5.74, 6) is 0. The van der Waals surface area contributed by atoms with E-state index in [0.29, 0.717) is 0 Å². The second kappa shape index (κ2) is 1.70. The molecule has 0 radical (unpaired) electrons. The monoisotopic (exact) mass is 159 g/mol. The number of nitrogens with zero attached hydrogens (tertiary/aromatic N) is 1. The smallest absolute Gasteiger partial charge is 0.0542 e. The lowest BCUT2D eigenvalue weighted by molar-refractivity contribution is 1.20. The zero-order valence-corrected chi connectivity index (χ0v) is 5.64. The first kappa shape index (κ1) is 4.91. The molecular weight excluding hydrogens is 154 g/mol. The van der Waals surface area contributed by atoms with Crippen LogP contribution in [0.5, 0.6) is 0 Å². The van der Waals surface area contributed by atoms with Gasteiger partial charge >= 0.3 is 0 Å². The van der Waals surface area contributed by atoms with Crippen molar-refractivity contribution in [3.05, 3.63) is 24.0 Å². The fourth-order valence-corrected chi connectivity index (χ4v) is 0.701. The van der Waals surface area contributed by atoms with E-state index in [1.54, 1.807) is 0 Å². The van der Waals surface area contributed by atoms with Crippen molar-refractivity contribution in [2.24, 2.45) is 0 Å². The van der Waals surface area contributed by atoms with Crippen LogP contribution in [-0.2, 0) is 0 Å². The minimum atomic E-state index is 1.22. The quantitative estimate of drug-likeness (QED) is 0.546. The first-order chi connectivity index (χ1) is 3.30. The average molecular weight is 160 g/mol. The standard InChI is InChI=1S/C5H6BrN/c1-5-3-2-4-7(5)6/h2-4H,1H3. The molecule has 0 aromatic carbocycles. The minimum absolute atomic E-state index is 1.22. The molecule has 1 nitrogen and oxygen atoms in total. The Morgan fingerprint density at radius 2 is 2.43 bits per heavy atom. The van der Waals surface area contributed by atoms with E-state index >= 15 is 0 Å². The van der Waals surface area contributed by atoms with Crippen LogP contribution in [0.15, 0.2) is 18.3 Å². The Balaban J connectivity index is 3.12. The molecule has 1 aromatic heterocycles. The lowest BCUT2D eigenvalue weighted by Crippen LogP contribution is -1.74. The average Bonchev–Trinajstić information content (AvgIpc) is 1.91. The topological polar surface area (TPSA) is 4.93 Å². The van der Waals surface area contributed by atoms with Gasteiger partial charge in [-0.1, -0.05) is 0 Å². The van der Waals surface area contributed by atoms with Crippen molar-refractivity contribution in [1.82, 2.24) is 3.59 Å². The molecule has 0 amide bonds. The Hall–Kier alpha value is -0.240. The van der Waals surface area contributed by atoms with Gasteiger partial charge in [-0.3, -0.25) is 3.59 Å². The highest BCUT2D eigenvalue weighted by molar-refractivity contribution is 9.08. The Kier molecular flexibility index (Phi) is 1.19. The number of hydrogen-bond donors (Lipinski definition) is 0. The van der Waals surface area contributed by atoms with E-state index in [1.165, 1.54) is 5.69 Å². The van der Waals surface area contributed by atoms with Gasteiger partial charge in [0.1, 0.15) is 0 Å². The molecule has 0 N–H and O–H groups in total. The minimum Gasteiger partial charge on any atom is -0.289 e. The maximum Gasteiger partial charge on any atom is 0.0542 e. The Morgan fingerprint density at radius 3 is 2.57 bits per heavy atom. The SMILES string of the molecule is Cc1cccn1Br. The summed E-state index contributed by atoms with van der Waals surface area (Å²) in [5.41, 5.74) is 1.22. The second-order valence-corrected chi connectivity index (χ2v) is 2.22. The fourth-order valence-electron chi connectivity index (χ4n) is 0.447. The first-order valence-electron chi connectivity index (χ1n) is 2.11. The summed E-state index contributed by atoms with van der Waals surface area (Å²) in [6.45, 7) is 2.04. The van der Waals surface area contributed by atoms with Crippen LogP contribution in [0.25, 0.3) is 0 Å². The predicted molar refractivity (Wildman–Crippen MR) is 33.5 cm³/mol. The maximum absolute atomic E-state index is 3.28. The first-order valence-corrected chi connectivity index (χ1v) is 2.82. The summed E-state index contributed by atoms with van der Waals surface area (Å²) in [6, 6.07) is 4.03. The van der Waals surface area contributed by atoms with Crippen LogP contribution in [-0.4, -0.2) is 3.59 Å². The highest BCUT2D eigenvalue weighted by atomic mass is 79.9. The van der Waals surface area contributed by atoms with Crippen molar-refractivity contribution in [2.45, 2.75) is 6.92 Å². The maximum atomic E-state index is 3.28. The van der Waals surface area contributed by atoms with Crippen LogP contribution in [0.3, 0.4) is 0 Å². The second-order valence-electron chi connectivity index (χ2n) is 1.46. The number of hydrogen-bond acceptors (Lipinski definition) is 0. The molecule has 0 aliphatic carbocycles. The van der Waals surface area contributed by atoms with E-state index in [0.717, 1.165) is 0 Å². The molecule has 1 aromatic rings. The zero-order valence-electron chi connectivity index (χ0n) is 4.06. The molecule has 0 aliphatic heterocycles. The van der Waals surface area contributed by atoms with Gasteiger partial charge in [-0.2, -0.15) is 0 Å². The normalized spacial score (nSPS) is 9.43. The van der Waals surface area contributed by atoms with Gasteiger partial charge in [0, 0.05) is 11.9 Å². The third-order valence-corrected chi connectivity index (χ3v) is 1.69. The van der Waals surface area contributed by atoms with Crippen molar-refractivity contribution in [3.8, 4) is 0 Å². The molecule has 0 saturated carbocycles. The van der Waals surface area contributed by atoms with Gasteiger partial charge < -0.3 is 0 Å². The third-order valence-electron chi connectivity index (χ3n) is 0.891. The predicted octanol–water partition coefficient (Wildman–Crippen LogP) is 1.95. The molecule has 1 rings (SSSR count). The largest absolute Gasteiger partial charge is 0.289 e. The zero-order chi connectivity index (χ0) is 5.28. The highest BCUT2D eigenvalue weighted by Crippen LogP contribution is 2.01. The Labute approximate surface area is 51.3 Å². The van der Waals surface area contributed by atoms with E-state index in [2.05, 4.69) is 16.1 Å². The Bertz CT molecular complexity index is 140. The Morgan fingerprint density at radius 1 is 1.71 bits per heavy atom. The van der Waals surface area contributed by atoms with Crippen LogP contribution in [0.2, 0.25) is 0 Å². The van der Waals surface area contributed by atoms with Crippen LogP contribution in [0.1, 0.15) is 5.69 Å². The summed E-state index contributed by atoms with van der Waals surface area (Å²) < 4.78 is 1.90. The van der Waals surface area contributed by atoms with Crippen molar-refractivity contribution >= 4 is 16.1 Å². The van der Waals surface area contributed by atoms with Gasteiger partial charge in [-0.05, 0) is 19.1 Å². The molecule has 0 saturated heterocycles. The van der Waals surface area contributed by atoms with E-state index in [9.17, 15) is 0 Å². The van der Waals surface area contributed by atoms with Crippen molar-refractivity contribution in [3.63, 3.8) is 0 Å². The molecule has 7 heavy (non-hydrogen) atoms. The van der Waals surface area contributed by atoms with Gasteiger partial charge in [0.05, 0.1) is 16.1 Å². The number of rotatable bonds is 0. The van der Waals surface area contributed by atoms with Gasteiger partial charge in [-0.25, -0.2) is 0 Å².